The third kappa shape index (κ3) is 3.87. The standard InChI is InChI=1S/C16H20FN3O.ClH/c1-11-6-7-15(21-11)16-13(10-19-20-16)9-18-8-12-4-2-3-5-14(12)17;/h2-7,13,16,18-20H,8-10H2,1H3;1H. The van der Waals surface area contributed by atoms with Gasteiger partial charge in [0, 0.05) is 31.1 Å². The van der Waals surface area contributed by atoms with Crippen LogP contribution >= 0.6 is 12.4 Å². The molecule has 0 bridgehead atoms. The van der Waals surface area contributed by atoms with Crippen molar-refractivity contribution in [2.75, 3.05) is 13.1 Å². The van der Waals surface area contributed by atoms with Crippen molar-refractivity contribution in [1.29, 1.82) is 0 Å². The number of benzene rings is 1. The Kier molecular flexibility index (Phi) is 5.97. The molecule has 22 heavy (non-hydrogen) atoms. The molecular weight excluding hydrogens is 305 g/mol. The van der Waals surface area contributed by atoms with Gasteiger partial charge in [-0.2, -0.15) is 0 Å². The van der Waals surface area contributed by atoms with Gasteiger partial charge >= 0.3 is 0 Å². The van der Waals surface area contributed by atoms with Crippen LogP contribution in [0.15, 0.2) is 40.8 Å². The van der Waals surface area contributed by atoms with Gasteiger partial charge in [-0.3, -0.25) is 5.43 Å². The van der Waals surface area contributed by atoms with Crippen molar-refractivity contribution >= 4 is 12.4 Å². The van der Waals surface area contributed by atoms with E-state index in [-0.39, 0.29) is 24.3 Å². The maximum atomic E-state index is 13.6. The molecule has 2 atom stereocenters. The number of aryl methyl sites for hydroxylation is 1. The summed E-state index contributed by atoms with van der Waals surface area (Å²) in [5.41, 5.74) is 7.10. The van der Waals surface area contributed by atoms with E-state index in [9.17, 15) is 4.39 Å². The van der Waals surface area contributed by atoms with Crippen molar-refractivity contribution in [3.05, 3.63) is 59.3 Å². The van der Waals surface area contributed by atoms with Crippen molar-refractivity contribution in [2.24, 2.45) is 5.92 Å². The molecule has 0 saturated carbocycles. The van der Waals surface area contributed by atoms with Crippen LogP contribution in [0, 0.1) is 18.7 Å². The Labute approximate surface area is 135 Å². The van der Waals surface area contributed by atoms with E-state index in [1.165, 1.54) is 6.07 Å². The molecule has 1 aliphatic heterocycles. The van der Waals surface area contributed by atoms with Crippen molar-refractivity contribution in [3.63, 3.8) is 0 Å². The third-order valence-electron chi connectivity index (χ3n) is 3.84. The van der Waals surface area contributed by atoms with Crippen LogP contribution in [0.4, 0.5) is 4.39 Å². The lowest BCUT2D eigenvalue weighted by molar-refractivity contribution is 0.359. The molecule has 120 valence electrons. The number of furan rings is 1. The summed E-state index contributed by atoms with van der Waals surface area (Å²) < 4.78 is 19.2. The second kappa shape index (κ2) is 7.74. The van der Waals surface area contributed by atoms with Crippen molar-refractivity contribution in [1.82, 2.24) is 16.2 Å². The Balaban J connectivity index is 0.00000176. The normalized spacial score (nSPS) is 20.8. The fourth-order valence-corrected chi connectivity index (χ4v) is 2.68. The monoisotopic (exact) mass is 325 g/mol. The molecule has 3 N–H and O–H groups in total. The van der Waals surface area contributed by atoms with Crippen LogP contribution < -0.4 is 16.2 Å². The first kappa shape index (κ1) is 17.0. The Bertz CT molecular complexity index is 605. The van der Waals surface area contributed by atoms with Gasteiger partial charge in [0.05, 0.1) is 6.04 Å². The minimum absolute atomic E-state index is 0. The average Bonchev–Trinajstić information content (AvgIpc) is 3.09. The highest BCUT2D eigenvalue weighted by Gasteiger charge is 2.30. The van der Waals surface area contributed by atoms with Gasteiger partial charge in [-0.05, 0) is 25.1 Å². The highest BCUT2D eigenvalue weighted by atomic mass is 35.5. The van der Waals surface area contributed by atoms with Gasteiger partial charge in [-0.15, -0.1) is 12.4 Å². The van der Waals surface area contributed by atoms with E-state index < -0.39 is 0 Å². The molecule has 3 rings (SSSR count). The third-order valence-corrected chi connectivity index (χ3v) is 3.84. The van der Waals surface area contributed by atoms with Gasteiger partial charge in [-0.25, -0.2) is 9.82 Å². The fraction of sp³-hybridized carbons (Fsp3) is 0.375. The summed E-state index contributed by atoms with van der Waals surface area (Å²) in [6.45, 7) is 4.12. The predicted molar refractivity (Wildman–Crippen MR) is 86.2 cm³/mol. The number of hydrogen-bond acceptors (Lipinski definition) is 4. The van der Waals surface area contributed by atoms with Crippen LogP contribution in [-0.4, -0.2) is 13.1 Å². The zero-order valence-electron chi connectivity index (χ0n) is 12.4. The molecule has 0 spiro atoms. The zero-order valence-corrected chi connectivity index (χ0v) is 13.3. The summed E-state index contributed by atoms with van der Waals surface area (Å²) in [6.07, 6.45) is 0. The number of halogens is 2. The molecule has 1 aromatic carbocycles. The zero-order chi connectivity index (χ0) is 14.7. The van der Waals surface area contributed by atoms with E-state index in [1.807, 2.05) is 25.1 Å². The van der Waals surface area contributed by atoms with Gasteiger partial charge in [0.1, 0.15) is 17.3 Å². The molecule has 4 nitrogen and oxygen atoms in total. The first-order chi connectivity index (χ1) is 10.2. The second-order valence-electron chi connectivity index (χ2n) is 5.43. The Morgan fingerprint density at radius 2 is 2.09 bits per heavy atom. The molecule has 2 unspecified atom stereocenters. The van der Waals surface area contributed by atoms with E-state index in [2.05, 4.69) is 16.2 Å². The molecule has 0 amide bonds. The highest BCUT2D eigenvalue weighted by Crippen LogP contribution is 2.26. The molecule has 0 aliphatic carbocycles. The minimum Gasteiger partial charge on any atom is -0.465 e. The van der Waals surface area contributed by atoms with Gasteiger partial charge in [-0.1, -0.05) is 18.2 Å². The molecular formula is C16H21ClFN3O. The second-order valence-corrected chi connectivity index (χ2v) is 5.43. The van der Waals surface area contributed by atoms with Gasteiger partial charge in [0.25, 0.3) is 0 Å². The van der Waals surface area contributed by atoms with Crippen molar-refractivity contribution < 1.29 is 8.81 Å². The fourth-order valence-electron chi connectivity index (χ4n) is 2.68. The highest BCUT2D eigenvalue weighted by molar-refractivity contribution is 5.85. The Morgan fingerprint density at radius 1 is 1.27 bits per heavy atom. The van der Waals surface area contributed by atoms with Crippen LogP contribution in [0.5, 0.6) is 0 Å². The van der Waals surface area contributed by atoms with E-state index in [0.29, 0.717) is 18.0 Å². The first-order valence-corrected chi connectivity index (χ1v) is 7.23. The van der Waals surface area contributed by atoms with Crippen LogP contribution in [0.3, 0.4) is 0 Å². The van der Waals surface area contributed by atoms with Crippen molar-refractivity contribution in [3.8, 4) is 0 Å². The summed E-state index contributed by atoms with van der Waals surface area (Å²) in [7, 11) is 0. The lowest BCUT2D eigenvalue weighted by Crippen LogP contribution is -2.28. The van der Waals surface area contributed by atoms with Crippen LogP contribution in [0.2, 0.25) is 0 Å². The lowest BCUT2D eigenvalue weighted by atomic mass is 10.00. The van der Waals surface area contributed by atoms with Crippen LogP contribution in [0.25, 0.3) is 0 Å². The molecule has 1 aromatic heterocycles. The summed E-state index contributed by atoms with van der Waals surface area (Å²) >= 11 is 0. The first-order valence-electron chi connectivity index (χ1n) is 7.23. The molecule has 1 saturated heterocycles. The molecule has 2 aromatic rings. The molecule has 1 aliphatic rings. The largest absolute Gasteiger partial charge is 0.465 e. The maximum absolute atomic E-state index is 13.6. The smallest absolute Gasteiger partial charge is 0.127 e. The summed E-state index contributed by atoms with van der Waals surface area (Å²) in [4.78, 5) is 0. The number of rotatable bonds is 5. The predicted octanol–water partition coefficient (Wildman–Crippen LogP) is 2.70. The van der Waals surface area contributed by atoms with Gasteiger partial charge in [0.2, 0.25) is 0 Å². The van der Waals surface area contributed by atoms with E-state index in [4.69, 9.17) is 4.42 Å². The number of hydrazine groups is 1. The van der Waals surface area contributed by atoms with E-state index in [1.54, 1.807) is 12.1 Å². The molecule has 0 radical (unpaired) electrons. The Hall–Kier alpha value is -1.40. The lowest BCUT2D eigenvalue weighted by Gasteiger charge is -2.17. The minimum atomic E-state index is -0.161. The topological polar surface area (TPSA) is 49.2 Å². The summed E-state index contributed by atoms with van der Waals surface area (Å²) in [5.74, 6) is 2.06. The number of nitrogens with one attached hydrogen (secondary N) is 3. The average molecular weight is 326 g/mol. The molecule has 2 heterocycles. The molecule has 6 heteroatoms. The Morgan fingerprint density at radius 3 is 2.82 bits per heavy atom. The maximum Gasteiger partial charge on any atom is 0.127 e. The summed E-state index contributed by atoms with van der Waals surface area (Å²) in [5, 5.41) is 3.33. The summed E-state index contributed by atoms with van der Waals surface area (Å²) in [6, 6.07) is 11.0. The van der Waals surface area contributed by atoms with Crippen LogP contribution in [-0.2, 0) is 6.54 Å². The van der Waals surface area contributed by atoms with E-state index in [0.717, 1.165) is 24.6 Å². The molecule has 1 fully saturated rings. The van der Waals surface area contributed by atoms with Crippen molar-refractivity contribution in [2.45, 2.75) is 19.5 Å². The quantitative estimate of drug-likeness (QED) is 0.791. The van der Waals surface area contributed by atoms with Crippen LogP contribution in [0.1, 0.15) is 23.1 Å². The van der Waals surface area contributed by atoms with E-state index >= 15 is 0 Å². The van der Waals surface area contributed by atoms with Gasteiger partial charge < -0.3 is 9.73 Å². The van der Waals surface area contributed by atoms with Gasteiger partial charge in [0.15, 0.2) is 0 Å². The number of hydrogen-bond donors (Lipinski definition) is 3. The SMILES string of the molecule is Cc1ccc(C2NNCC2CNCc2ccccc2F)o1.Cl.